The van der Waals surface area contributed by atoms with Crippen LogP contribution in [0.15, 0.2) is 17.3 Å². The molecule has 0 saturated heterocycles. The fourth-order valence-electron chi connectivity index (χ4n) is 1.94. The second kappa shape index (κ2) is 5.30. The van der Waals surface area contributed by atoms with Gasteiger partial charge in [-0.15, -0.1) is 0 Å². The Morgan fingerprint density at radius 1 is 1.50 bits per heavy atom. The third-order valence-corrected chi connectivity index (χ3v) is 3.25. The lowest BCUT2D eigenvalue weighted by atomic mass is 10.2. The molecule has 2 aromatic rings. The van der Waals surface area contributed by atoms with Crippen molar-refractivity contribution in [3.05, 3.63) is 22.9 Å². The number of rotatable bonds is 5. The van der Waals surface area contributed by atoms with Crippen molar-refractivity contribution in [2.45, 2.75) is 32.4 Å². The summed E-state index contributed by atoms with van der Waals surface area (Å²) in [6, 6.07) is 0.468. The van der Waals surface area contributed by atoms with E-state index < -0.39 is 0 Å². The summed E-state index contributed by atoms with van der Waals surface area (Å²) >= 11 is 0. The third kappa shape index (κ3) is 2.43. The molecule has 0 amide bonds. The van der Waals surface area contributed by atoms with Crippen molar-refractivity contribution >= 4 is 11.0 Å². The average Bonchev–Trinajstić information content (AvgIpc) is 2.74. The molecule has 0 radical (unpaired) electrons. The first kappa shape index (κ1) is 12.8. The topological polar surface area (TPSA) is 64.7 Å². The summed E-state index contributed by atoms with van der Waals surface area (Å²) in [6.45, 7) is 2.83. The van der Waals surface area contributed by atoms with E-state index in [1.54, 1.807) is 28.8 Å². The Morgan fingerprint density at radius 3 is 3.00 bits per heavy atom. The van der Waals surface area contributed by atoms with E-state index in [-0.39, 0.29) is 5.56 Å². The maximum absolute atomic E-state index is 12.1. The summed E-state index contributed by atoms with van der Waals surface area (Å²) in [6.07, 6.45) is 5.18. The summed E-state index contributed by atoms with van der Waals surface area (Å²) in [4.78, 5) is 16.4. The molecular formula is C12H19N5O. The molecule has 6 heteroatoms. The van der Waals surface area contributed by atoms with Gasteiger partial charge in [-0.3, -0.25) is 14.0 Å². The van der Waals surface area contributed by atoms with E-state index in [9.17, 15) is 4.79 Å². The van der Waals surface area contributed by atoms with Gasteiger partial charge in [0.25, 0.3) is 5.56 Å². The molecule has 2 aromatic heterocycles. The highest BCUT2D eigenvalue weighted by molar-refractivity contribution is 5.72. The van der Waals surface area contributed by atoms with Crippen LogP contribution < -0.4 is 10.9 Å². The molecule has 18 heavy (non-hydrogen) atoms. The van der Waals surface area contributed by atoms with E-state index in [1.165, 1.54) is 0 Å². The van der Waals surface area contributed by atoms with Crippen LogP contribution in [0.5, 0.6) is 0 Å². The standard InChI is InChI=1S/C12H19N5O/c1-9(13-2)5-4-6-17-8-14-11-10(12(17)18)7-15-16(11)3/h7-9,13H,4-6H2,1-3H3. The Labute approximate surface area is 106 Å². The van der Waals surface area contributed by atoms with Crippen molar-refractivity contribution in [2.75, 3.05) is 7.05 Å². The summed E-state index contributed by atoms with van der Waals surface area (Å²) < 4.78 is 3.27. The molecule has 1 unspecified atom stereocenters. The van der Waals surface area contributed by atoms with Crippen molar-refractivity contribution in [1.82, 2.24) is 24.6 Å². The SMILES string of the molecule is CNC(C)CCCn1cnc2c(cnn2C)c1=O. The molecule has 0 bridgehead atoms. The number of hydrogen-bond acceptors (Lipinski definition) is 4. The van der Waals surface area contributed by atoms with Crippen LogP contribution in [0.3, 0.4) is 0 Å². The monoisotopic (exact) mass is 249 g/mol. The van der Waals surface area contributed by atoms with Crippen molar-refractivity contribution in [2.24, 2.45) is 7.05 Å². The minimum Gasteiger partial charge on any atom is -0.317 e. The first-order valence-electron chi connectivity index (χ1n) is 6.18. The lowest BCUT2D eigenvalue weighted by molar-refractivity contribution is 0.500. The number of fused-ring (bicyclic) bond motifs is 1. The predicted molar refractivity (Wildman–Crippen MR) is 70.5 cm³/mol. The maximum atomic E-state index is 12.1. The van der Waals surface area contributed by atoms with Crippen LogP contribution >= 0.6 is 0 Å². The van der Waals surface area contributed by atoms with E-state index in [2.05, 4.69) is 22.3 Å². The summed E-state index contributed by atoms with van der Waals surface area (Å²) in [5.41, 5.74) is 0.630. The summed E-state index contributed by atoms with van der Waals surface area (Å²) in [5.74, 6) is 0. The zero-order valence-electron chi connectivity index (χ0n) is 11.1. The van der Waals surface area contributed by atoms with E-state index in [0.717, 1.165) is 12.8 Å². The van der Waals surface area contributed by atoms with Crippen LogP contribution in [-0.2, 0) is 13.6 Å². The Morgan fingerprint density at radius 2 is 2.28 bits per heavy atom. The number of aryl methyl sites for hydroxylation is 2. The van der Waals surface area contributed by atoms with Crippen molar-refractivity contribution in [3.63, 3.8) is 0 Å². The quantitative estimate of drug-likeness (QED) is 0.839. The van der Waals surface area contributed by atoms with Gasteiger partial charge < -0.3 is 5.32 Å². The van der Waals surface area contributed by atoms with E-state index >= 15 is 0 Å². The van der Waals surface area contributed by atoms with Crippen LogP contribution in [-0.4, -0.2) is 32.4 Å². The molecule has 0 saturated carbocycles. The minimum atomic E-state index is -0.00906. The minimum absolute atomic E-state index is 0.00906. The fraction of sp³-hybridized carbons (Fsp3) is 0.583. The van der Waals surface area contributed by atoms with Crippen LogP contribution in [0.1, 0.15) is 19.8 Å². The lowest BCUT2D eigenvalue weighted by Crippen LogP contribution is -2.24. The van der Waals surface area contributed by atoms with E-state index in [0.29, 0.717) is 23.6 Å². The molecule has 6 nitrogen and oxygen atoms in total. The zero-order valence-corrected chi connectivity index (χ0v) is 11.1. The highest BCUT2D eigenvalue weighted by atomic mass is 16.1. The lowest BCUT2D eigenvalue weighted by Gasteiger charge is -2.10. The first-order chi connectivity index (χ1) is 8.63. The second-order valence-electron chi connectivity index (χ2n) is 4.58. The number of hydrogen-bond donors (Lipinski definition) is 1. The number of aromatic nitrogens is 4. The van der Waals surface area contributed by atoms with Gasteiger partial charge in [-0.25, -0.2) is 4.98 Å². The van der Waals surface area contributed by atoms with E-state index in [1.807, 2.05) is 7.05 Å². The summed E-state index contributed by atoms with van der Waals surface area (Å²) in [7, 11) is 3.73. The first-order valence-corrected chi connectivity index (χ1v) is 6.18. The van der Waals surface area contributed by atoms with Gasteiger partial charge in [0.15, 0.2) is 5.65 Å². The zero-order chi connectivity index (χ0) is 13.1. The molecule has 2 rings (SSSR count). The normalized spacial score (nSPS) is 13.1. The van der Waals surface area contributed by atoms with Gasteiger partial charge in [0.05, 0.1) is 12.5 Å². The van der Waals surface area contributed by atoms with Crippen LogP contribution in [0.2, 0.25) is 0 Å². The Hall–Kier alpha value is -1.69. The molecule has 1 atom stereocenters. The van der Waals surface area contributed by atoms with Gasteiger partial charge in [-0.05, 0) is 26.8 Å². The molecule has 0 aliphatic carbocycles. The maximum Gasteiger partial charge on any atom is 0.264 e. The molecule has 0 aliphatic heterocycles. The molecule has 0 fully saturated rings. The average molecular weight is 249 g/mol. The van der Waals surface area contributed by atoms with Gasteiger partial charge >= 0.3 is 0 Å². The Balaban J connectivity index is 2.15. The Bertz CT molecular complexity index is 586. The fourth-order valence-corrected chi connectivity index (χ4v) is 1.94. The summed E-state index contributed by atoms with van der Waals surface area (Å²) in [5, 5.41) is 7.82. The van der Waals surface area contributed by atoms with Gasteiger partial charge in [0.2, 0.25) is 0 Å². The molecule has 98 valence electrons. The van der Waals surface area contributed by atoms with Crippen LogP contribution in [0, 0.1) is 0 Å². The van der Waals surface area contributed by atoms with Crippen molar-refractivity contribution in [3.8, 4) is 0 Å². The highest BCUT2D eigenvalue weighted by Gasteiger charge is 2.07. The third-order valence-electron chi connectivity index (χ3n) is 3.25. The van der Waals surface area contributed by atoms with Gasteiger partial charge in [0.1, 0.15) is 5.39 Å². The molecule has 1 N–H and O–H groups in total. The van der Waals surface area contributed by atoms with Crippen LogP contribution in [0.25, 0.3) is 11.0 Å². The van der Waals surface area contributed by atoms with Gasteiger partial charge in [0, 0.05) is 19.6 Å². The predicted octanol–water partition coefficient (Wildman–Crippen LogP) is 0.518. The highest BCUT2D eigenvalue weighted by Crippen LogP contribution is 2.04. The Kier molecular flexibility index (Phi) is 3.76. The van der Waals surface area contributed by atoms with Gasteiger partial charge in [-0.1, -0.05) is 0 Å². The van der Waals surface area contributed by atoms with Crippen LogP contribution in [0.4, 0.5) is 0 Å². The molecule has 0 aromatic carbocycles. The molecule has 0 spiro atoms. The van der Waals surface area contributed by atoms with Crippen molar-refractivity contribution in [1.29, 1.82) is 0 Å². The molecule has 0 aliphatic rings. The van der Waals surface area contributed by atoms with E-state index in [4.69, 9.17) is 0 Å². The number of nitrogens with zero attached hydrogens (tertiary/aromatic N) is 4. The number of nitrogens with one attached hydrogen (secondary N) is 1. The molecule has 2 heterocycles. The van der Waals surface area contributed by atoms with Gasteiger partial charge in [-0.2, -0.15) is 5.10 Å². The van der Waals surface area contributed by atoms with Crippen molar-refractivity contribution < 1.29 is 0 Å². The smallest absolute Gasteiger partial charge is 0.264 e. The largest absolute Gasteiger partial charge is 0.317 e. The molecular weight excluding hydrogens is 230 g/mol. The second-order valence-corrected chi connectivity index (χ2v) is 4.58.